The number of hydrogen-bond donors (Lipinski definition) is 2. The molecule has 0 bridgehead atoms. The minimum absolute atomic E-state index is 0.0134. The number of halogens is 2. The molecule has 0 heterocycles. The summed E-state index contributed by atoms with van der Waals surface area (Å²) >= 11 is 11.8. The van der Waals surface area contributed by atoms with Crippen LogP contribution in [-0.4, -0.2) is 26.5 Å². The molecule has 0 aliphatic rings. The summed E-state index contributed by atoms with van der Waals surface area (Å²) in [5.41, 5.74) is 7.19. The number of nitrogens with zero attached hydrogens (tertiary/aromatic N) is 1. The van der Waals surface area contributed by atoms with E-state index in [1.165, 1.54) is 0 Å². The third-order valence-electron chi connectivity index (χ3n) is 2.72. The molecule has 6 heteroatoms. The zero-order valence-corrected chi connectivity index (χ0v) is 12.1. The van der Waals surface area contributed by atoms with Gasteiger partial charge in [0.15, 0.2) is 0 Å². The number of rotatable bonds is 4. The van der Waals surface area contributed by atoms with Crippen LogP contribution in [0.4, 0.5) is 11.4 Å². The Labute approximate surface area is 117 Å². The normalized spacial score (nSPS) is 12.1. The molecular formula is C12H17Cl2N3O. The van der Waals surface area contributed by atoms with Crippen molar-refractivity contribution in [3.63, 3.8) is 0 Å². The Morgan fingerprint density at radius 2 is 2.00 bits per heavy atom. The van der Waals surface area contributed by atoms with Gasteiger partial charge in [-0.3, -0.25) is 4.79 Å². The van der Waals surface area contributed by atoms with Gasteiger partial charge in [0.05, 0.1) is 27.3 Å². The Balaban J connectivity index is 2.87. The number of nitrogens with one attached hydrogen (secondary N) is 1. The number of nitrogens with two attached hydrogens (primary N) is 1. The van der Waals surface area contributed by atoms with Crippen molar-refractivity contribution in [3.8, 4) is 0 Å². The fourth-order valence-electron chi connectivity index (χ4n) is 1.72. The van der Waals surface area contributed by atoms with Gasteiger partial charge in [0, 0.05) is 20.6 Å². The van der Waals surface area contributed by atoms with Gasteiger partial charge in [0.25, 0.3) is 0 Å². The van der Waals surface area contributed by atoms with Crippen LogP contribution in [0.15, 0.2) is 12.1 Å². The molecule has 0 radical (unpaired) electrons. The smallest absolute Gasteiger partial charge is 0.224 e. The molecule has 3 N–H and O–H groups in total. The molecule has 0 saturated heterocycles. The number of nitrogen functional groups attached to an aromatic ring is 1. The second-order valence-corrected chi connectivity index (χ2v) is 5.04. The number of amides is 1. The maximum atomic E-state index is 11.5. The first-order valence-electron chi connectivity index (χ1n) is 5.54. The zero-order chi connectivity index (χ0) is 13.9. The minimum atomic E-state index is -0.145. The molecular weight excluding hydrogens is 273 g/mol. The lowest BCUT2D eigenvalue weighted by molar-refractivity contribution is -0.123. The number of anilines is 2. The second-order valence-electron chi connectivity index (χ2n) is 4.22. The van der Waals surface area contributed by atoms with E-state index in [4.69, 9.17) is 28.9 Å². The van der Waals surface area contributed by atoms with Gasteiger partial charge in [0.1, 0.15) is 0 Å². The topological polar surface area (TPSA) is 58.4 Å². The fraction of sp³-hybridized carbons (Fsp3) is 0.417. The first kappa shape index (κ1) is 14.9. The van der Waals surface area contributed by atoms with E-state index in [-0.39, 0.29) is 11.8 Å². The SMILES string of the molecule is CNC(=O)C(C)CN(C)c1cc(Cl)c(Cl)cc1N. The molecule has 1 unspecified atom stereocenters. The molecule has 0 aliphatic heterocycles. The van der Waals surface area contributed by atoms with Crippen LogP contribution < -0.4 is 16.0 Å². The number of carbonyl (C=O) groups is 1. The number of carbonyl (C=O) groups excluding carboxylic acids is 1. The quantitative estimate of drug-likeness (QED) is 0.837. The highest BCUT2D eigenvalue weighted by atomic mass is 35.5. The van der Waals surface area contributed by atoms with Crippen molar-refractivity contribution < 1.29 is 4.79 Å². The summed E-state index contributed by atoms with van der Waals surface area (Å²) in [6.07, 6.45) is 0. The Kier molecular flexibility index (Phi) is 5.11. The zero-order valence-electron chi connectivity index (χ0n) is 10.6. The predicted molar refractivity (Wildman–Crippen MR) is 77.4 cm³/mol. The largest absolute Gasteiger partial charge is 0.397 e. The van der Waals surface area contributed by atoms with E-state index >= 15 is 0 Å². The van der Waals surface area contributed by atoms with E-state index in [2.05, 4.69) is 5.32 Å². The van der Waals surface area contributed by atoms with Crippen molar-refractivity contribution in [2.45, 2.75) is 6.92 Å². The Hall–Kier alpha value is -1.13. The lowest BCUT2D eigenvalue weighted by Crippen LogP contribution is -2.34. The van der Waals surface area contributed by atoms with Crippen LogP contribution in [0.5, 0.6) is 0 Å². The second kappa shape index (κ2) is 6.16. The van der Waals surface area contributed by atoms with Crippen LogP contribution in [0, 0.1) is 5.92 Å². The average Bonchev–Trinajstić information content (AvgIpc) is 2.32. The van der Waals surface area contributed by atoms with Crippen LogP contribution in [0.1, 0.15) is 6.92 Å². The molecule has 4 nitrogen and oxygen atoms in total. The number of hydrogen-bond acceptors (Lipinski definition) is 3. The van der Waals surface area contributed by atoms with Gasteiger partial charge < -0.3 is 16.0 Å². The van der Waals surface area contributed by atoms with Gasteiger partial charge in [-0.25, -0.2) is 0 Å². The summed E-state index contributed by atoms with van der Waals surface area (Å²) in [7, 11) is 3.47. The molecule has 1 amide bonds. The van der Waals surface area contributed by atoms with Gasteiger partial charge in [0.2, 0.25) is 5.91 Å². The molecule has 0 fully saturated rings. The summed E-state index contributed by atoms with van der Waals surface area (Å²) in [6.45, 7) is 2.39. The first-order valence-corrected chi connectivity index (χ1v) is 6.29. The molecule has 1 aromatic carbocycles. The first-order chi connectivity index (χ1) is 8.36. The maximum absolute atomic E-state index is 11.5. The van der Waals surface area contributed by atoms with Gasteiger partial charge in [-0.05, 0) is 12.1 Å². The third kappa shape index (κ3) is 3.43. The molecule has 0 spiro atoms. The van der Waals surface area contributed by atoms with Crippen LogP contribution in [0.25, 0.3) is 0 Å². The van der Waals surface area contributed by atoms with Gasteiger partial charge in [-0.2, -0.15) is 0 Å². The Morgan fingerprint density at radius 3 is 2.56 bits per heavy atom. The van der Waals surface area contributed by atoms with Gasteiger partial charge in [-0.1, -0.05) is 30.1 Å². The highest BCUT2D eigenvalue weighted by Crippen LogP contribution is 2.32. The number of benzene rings is 1. The van der Waals surface area contributed by atoms with Crippen molar-refractivity contribution in [2.75, 3.05) is 31.3 Å². The van der Waals surface area contributed by atoms with E-state index in [1.807, 2.05) is 18.9 Å². The fourth-order valence-corrected chi connectivity index (χ4v) is 2.05. The molecule has 18 heavy (non-hydrogen) atoms. The van der Waals surface area contributed by atoms with E-state index in [0.29, 0.717) is 22.3 Å². The summed E-state index contributed by atoms with van der Waals surface area (Å²) in [4.78, 5) is 13.4. The van der Waals surface area contributed by atoms with Gasteiger partial charge >= 0.3 is 0 Å². The van der Waals surface area contributed by atoms with Crippen molar-refractivity contribution in [2.24, 2.45) is 5.92 Å². The summed E-state index contributed by atoms with van der Waals surface area (Å²) in [5, 5.41) is 3.48. The summed E-state index contributed by atoms with van der Waals surface area (Å²) in [5.74, 6) is -0.158. The molecule has 1 aromatic rings. The molecule has 100 valence electrons. The average molecular weight is 290 g/mol. The van der Waals surface area contributed by atoms with Crippen molar-refractivity contribution in [3.05, 3.63) is 22.2 Å². The van der Waals surface area contributed by atoms with E-state index in [9.17, 15) is 4.79 Å². The van der Waals surface area contributed by atoms with Crippen LogP contribution in [0.3, 0.4) is 0 Å². The summed E-state index contributed by atoms with van der Waals surface area (Å²) in [6, 6.07) is 3.32. The van der Waals surface area contributed by atoms with Crippen LogP contribution in [-0.2, 0) is 4.79 Å². The predicted octanol–water partition coefficient (Wildman–Crippen LogP) is 2.39. The highest BCUT2D eigenvalue weighted by molar-refractivity contribution is 6.42. The van der Waals surface area contributed by atoms with E-state index < -0.39 is 0 Å². The molecule has 0 aliphatic carbocycles. The Morgan fingerprint density at radius 1 is 1.44 bits per heavy atom. The third-order valence-corrected chi connectivity index (χ3v) is 3.44. The van der Waals surface area contributed by atoms with Crippen molar-refractivity contribution >= 4 is 40.5 Å². The summed E-state index contributed by atoms with van der Waals surface area (Å²) < 4.78 is 0. The highest BCUT2D eigenvalue weighted by Gasteiger charge is 2.16. The standard InChI is InChI=1S/C12H17Cl2N3O/c1-7(12(18)16-2)6-17(3)11-5-9(14)8(13)4-10(11)15/h4-5,7H,6,15H2,1-3H3,(H,16,18). The van der Waals surface area contributed by atoms with Crippen LogP contribution in [0.2, 0.25) is 10.0 Å². The maximum Gasteiger partial charge on any atom is 0.224 e. The molecule has 0 saturated carbocycles. The van der Waals surface area contributed by atoms with E-state index in [0.717, 1.165) is 5.69 Å². The monoisotopic (exact) mass is 289 g/mol. The molecule has 1 rings (SSSR count). The van der Waals surface area contributed by atoms with Crippen molar-refractivity contribution in [1.29, 1.82) is 0 Å². The molecule has 1 atom stereocenters. The van der Waals surface area contributed by atoms with Crippen molar-refractivity contribution in [1.82, 2.24) is 5.32 Å². The van der Waals surface area contributed by atoms with Crippen LogP contribution >= 0.6 is 23.2 Å². The Bertz CT molecular complexity index is 451. The molecule has 0 aromatic heterocycles. The lowest BCUT2D eigenvalue weighted by atomic mass is 10.1. The lowest BCUT2D eigenvalue weighted by Gasteiger charge is -2.24. The minimum Gasteiger partial charge on any atom is -0.397 e. The van der Waals surface area contributed by atoms with E-state index in [1.54, 1.807) is 19.2 Å². The van der Waals surface area contributed by atoms with Gasteiger partial charge in [-0.15, -0.1) is 0 Å².